The highest BCUT2D eigenvalue weighted by molar-refractivity contribution is 5.69. The van der Waals surface area contributed by atoms with Crippen LogP contribution in [-0.2, 0) is 9.53 Å². The van der Waals surface area contributed by atoms with E-state index in [1.54, 1.807) is 17.0 Å². The van der Waals surface area contributed by atoms with E-state index in [4.69, 9.17) is 9.84 Å². The Labute approximate surface area is 98.6 Å². The molecule has 1 N–H and O–H groups in total. The van der Waals surface area contributed by atoms with Crippen molar-refractivity contribution in [1.29, 1.82) is 0 Å². The zero-order chi connectivity index (χ0) is 12.3. The van der Waals surface area contributed by atoms with Crippen LogP contribution in [-0.4, -0.2) is 42.2 Å². The third-order valence-corrected chi connectivity index (χ3v) is 2.73. The van der Waals surface area contributed by atoms with Crippen LogP contribution in [0.15, 0.2) is 24.3 Å². The van der Waals surface area contributed by atoms with Gasteiger partial charge in [-0.2, -0.15) is 0 Å². The number of hydrogen-bond acceptors (Lipinski definition) is 3. The quantitative estimate of drug-likeness (QED) is 0.863. The molecule has 1 aliphatic rings. The maximum absolute atomic E-state index is 13.1. The first-order valence-electron chi connectivity index (χ1n) is 5.46. The summed E-state index contributed by atoms with van der Waals surface area (Å²) in [4.78, 5) is 12.4. The maximum atomic E-state index is 13.1. The molecule has 1 unspecified atom stereocenters. The fourth-order valence-electron chi connectivity index (χ4n) is 1.95. The first-order chi connectivity index (χ1) is 8.15. The van der Waals surface area contributed by atoms with Crippen LogP contribution in [0.4, 0.5) is 4.39 Å². The minimum Gasteiger partial charge on any atom is -0.480 e. The van der Waals surface area contributed by atoms with Crippen molar-refractivity contribution in [3.63, 3.8) is 0 Å². The van der Waals surface area contributed by atoms with Crippen LogP contribution in [0.25, 0.3) is 0 Å². The molecule has 0 bridgehead atoms. The third-order valence-electron chi connectivity index (χ3n) is 2.73. The van der Waals surface area contributed by atoms with Crippen molar-refractivity contribution in [2.75, 3.05) is 26.2 Å². The molecule has 1 aliphatic heterocycles. The fourth-order valence-corrected chi connectivity index (χ4v) is 1.95. The van der Waals surface area contributed by atoms with Crippen molar-refractivity contribution in [1.82, 2.24) is 4.90 Å². The standard InChI is InChI=1S/C12H14FNO3/c13-10-3-1-2-9(6-10)11-7-14(4-5-17-11)8-12(15)16/h1-3,6,11H,4-5,7-8H2,(H,15,16). The number of carboxylic acid groups (broad SMARTS) is 1. The SMILES string of the molecule is O=C(O)CN1CCOC(c2cccc(F)c2)C1. The number of halogens is 1. The summed E-state index contributed by atoms with van der Waals surface area (Å²) >= 11 is 0. The molecule has 17 heavy (non-hydrogen) atoms. The van der Waals surface area contributed by atoms with E-state index in [9.17, 15) is 9.18 Å². The minimum atomic E-state index is -0.857. The van der Waals surface area contributed by atoms with Gasteiger partial charge >= 0.3 is 5.97 Å². The largest absolute Gasteiger partial charge is 0.480 e. The van der Waals surface area contributed by atoms with E-state index in [0.29, 0.717) is 19.7 Å². The lowest BCUT2D eigenvalue weighted by Gasteiger charge is -2.32. The second-order valence-electron chi connectivity index (χ2n) is 4.04. The molecular weight excluding hydrogens is 225 g/mol. The molecule has 4 nitrogen and oxygen atoms in total. The number of aliphatic carboxylic acids is 1. The number of ether oxygens (including phenoxy) is 1. The maximum Gasteiger partial charge on any atom is 0.317 e. The Bertz CT molecular complexity index is 410. The van der Waals surface area contributed by atoms with E-state index in [0.717, 1.165) is 5.56 Å². The van der Waals surface area contributed by atoms with Crippen LogP contribution in [0.2, 0.25) is 0 Å². The summed E-state index contributed by atoms with van der Waals surface area (Å²) in [6, 6.07) is 6.22. The normalized spacial score (nSPS) is 21.4. The lowest BCUT2D eigenvalue weighted by Crippen LogP contribution is -2.41. The zero-order valence-electron chi connectivity index (χ0n) is 9.30. The number of carboxylic acids is 1. The summed E-state index contributed by atoms with van der Waals surface area (Å²) in [7, 11) is 0. The van der Waals surface area contributed by atoms with E-state index in [-0.39, 0.29) is 18.5 Å². The molecule has 1 saturated heterocycles. The van der Waals surface area contributed by atoms with Gasteiger partial charge in [0.25, 0.3) is 0 Å². The highest BCUT2D eigenvalue weighted by Gasteiger charge is 2.23. The zero-order valence-corrected chi connectivity index (χ0v) is 9.30. The number of nitrogens with zero attached hydrogens (tertiary/aromatic N) is 1. The molecule has 0 aliphatic carbocycles. The van der Waals surface area contributed by atoms with Gasteiger partial charge < -0.3 is 9.84 Å². The van der Waals surface area contributed by atoms with Gasteiger partial charge in [0.1, 0.15) is 5.82 Å². The molecule has 2 rings (SSSR count). The first kappa shape index (κ1) is 12.0. The van der Waals surface area contributed by atoms with Crippen molar-refractivity contribution in [3.05, 3.63) is 35.6 Å². The lowest BCUT2D eigenvalue weighted by molar-refractivity contribution is -0.140. The molecule has 0 radical (unpaired) electrons. The highest BCUT2D eigenvalue weighted by atomic mass is 19.1. The summed E-state index contributed by atoms with van der Waals surface area (Å²) < 4.78 is 18.6. The van der Waals surface area contributed by atoms with E-state index in [1.807, 2.05) is 0 Å². The number of carbonyl (C=O) groups is 1. The molecule has 5 heteroatoms. The van der Waals surface area contributed by atoms with Crippen molar-refractivity contribution < 1.29 is 19.0 Å². The molecular formula is C12H14FNO3. The van der Waals surface area contributed by atoms with Crippen molar-refractivity contribution in [3.8, 4) is 0 Å². The monoisotopic (exact) mass is 239 g/mol. The Hall–Kier alpha value is -1.46. The van der Waals surface area contributed by atoms with Gasteiger partial charge in [-0.05, 0) is 17.7 Å². The summed E-state index contributed by atoms with van der Waals surface area (Å²) in [5.41, 5.74) is 0.750. The molecule has 1 atom stereocenters. The Morgan fingerprint density at radius 1 is 1.59 bits per heavy atom. The van der Waals surface area contributed by atoms with E-state index in [2.05, 4.69) is 0 Å². The smallest absolute Gasteiger partial charge is 0.317 e. The number of benzene rings is 1. The van der Waals surface area contributed by atoms with Crippen molar-refractivity contribution in [2.45, 2.75) is 6.10 Å². The average molecular weight is 239 g/mol. The van der Waals surface area contributed by atoms with Gasteiger partial charge in [-0.3, -0.25) is 9.69 Å². The van der Waals surface area contributed by atoms with Gasteiger partial charge in [0, 0.05) is 13.1 Å². The number of rotatable bonds is 3. The molecule has 1 heterocycles. The van der Waals surface area contributed by atoms with Gasteiger partial charge in [0.05, 0.1) is 19.3 Å². The van der Waals surface area contributed by atoms with Gasteiger partial charge in [-0.15, -0.1) is 0 Å². The molecule has 0 spiro atoms. The van der Waals surface area contributed by atoms with E-state index < -0.39 is 5.97 Å². The number of hydrogen-bond donors (Lipinski definition) is 1. The van der Waals surface area contributed by atoms with Gasteiger partial charge in [-0.1, -0.05) is 12.1 Å². The highest BCUT2D eigenvalue weighted by Crippen LogP contribution is 2.22. The predicted molar refractivity (Wildman–Crippen MR) is 59.2 cm³/mol. The topological polar surface area (TPSA) is 49.8 Å². The van der Waals surface area contributed by atoms with Crippen LogP contribution in [0, 0.1) is 5.82 Å². The fraction of sp³-hybridized carbons (Fsp3) is 0.417. The van der Waals surface area contributed by atoms with Crippen LogP contribution < -0.4 is 0 Å². The molecule has 0 aromatic heterocycles. The van der Waals surface area contributed by atoms with E-state index >= 15 is 0 Å². The second kappa shape index (κ2) is 5.25. The Morgan fingerprint density at radius 3 is 3.12 bits per heavy atom. The Balaban J connectivity index is 2.04. The predicted octanol–water partition coefficient (Wildman–Crippen LogP) is 1.28. The summed E-state index contributed by atoms with van der Waals surface area (Å²) in [6.07, 6.45) is -0.251. The molecule has 1 aromatic rings. The van der Waals surface area contributed by atoms with Gasteiger partial charge in [0.2, 0.25) is 0 Å². The molecule has 0 amide bonds. The summed E-state index contributed by atoms with van der Waals surface area (Å²) in [6.45, 7) is 1.54. The van der Waals surface area contributed by atoms with Gasteiger partial charge in [0.15, 0.2) is 0 Å². The van der Waals surface area contributed by atoms with Gasteiger partial charge in [-0.25, -0.2) is 4.39 Å². The van der Waals surface area contributed by atoms with Crippen molar-refractivity contribution >= 4 is 5.97 Å². The van der Waals surface area contributed by atoms with Crippen LogP contribution >= 0.6 is 0 Å². The molecule has 1 fully saturated rings. The van der Waals surface area contributed by atoms with Crippen molar-refractivity contribution in [2.24, 2.45) is 0 Å². The molecule has 1 aromatic carbocycles. The van der Waals surface area contributed by atoms with Crippen LogP contribution in [0.1, 0.15) is 11.7 Å². The number of morpholine rings is 1. The lowest BCUT2D eigenvalue weighted by atomic mass is 10.1. The minimum absolute atomic E-state index is 0.00479. The average Bonchev–Trinajstić information content (AvgIpc) is 2.28. The summed E-state index contributed by atoms with van der Waals surface area (Å²) in [5, 5.41) is 8.72. The summed E-state index contributed by atoms with van der Waals surface area (Å²) in [5.74, 6) is -1.16. The Kier molecular flexibility index (Phi) is 3.71. The van der Waals surface area contributed by atoms with E-state index in [1.165, 1.54) is 12.1 Å². The third kappa shape index (κ3) is 3.25. The Morgan fingerprint density at radius 2 is 2.41 bits per heavy atom. The van der Waals surface area contributed by atoms with Crippen LogP contribution in [0.3, 0.4) is 0 Å². The van der Waals surface area contributed by atoms with Crippen LogP contribution in [0.5, 0.6) is 0 Å². The molecule has 92 valence electrons. The molecule has 0 saturated carbocycles. The second-order valence-corrected chi connectivity index (χ2v) is 4.04. The first-order valence-corrected chi connectivity index (χ1v) is 5.46.